The molecule has 30 heavy (non-hydrogen) atoms. The van der Waals surface area contributed by atoms with Crippen molar-refractivity contribution in [3.8, 4) is 11.3 Å². The van der Waals surface area contributed by atoms with Gasteiger partial charge in [0.25, 0.3) is 5.91 Å². The zero-order chi connectivity index (χ0) is 21.1. The number of carbonyl (C=O) groups is 2. The van der Waals surface area contributed by atoms with E-state index in [4.69, 9.17) is 16.0 Å². The largest absolute Gasteiger partial charge is 0.457 e. The van der Waals surface area contributed by atoms with Gasteiger partial charge in [-0.05, 0) is 60.3 Å². The molecule has 0 atom stereocenters. The van der Waals surface area contributed by atoms with Gasteiger partial charge in [-0.25, -0.2) is 4.99 Å². The topological polar surface area (TPSA) is 83.7 Å². The second-order valence-electron chi connectivity index (χ2n) is 6.39. The maximum absolute atomic E-state index is 12.3. The monoisotopic (exact) mass is 437 g/mol. The van der Waals surface area contributed by atoms with Gasteiger partial charge in [-0.15, -0.1) is 0 Å². The molecule has 0 saturated carbocycles. The van der Waals surface area contributed by atoms with Gasteiger partial charge in [0.15, 0.2) is 5.17 Å². The summed E-state index contributed by atoms with van der Waals surface area (Å²) in [7, 11) is 0. The molecule has 2 aromatic carbocycles. The number of aliphatic imine (C=N–C) groups is 1. The molecule has 150 valence electrons. The molecule has 2 heterocycles. The minimum Gasteiger partial charge on any atom is -0.457 e. The number of amidine groups is 1. The first-order valence-corrected chi connectivity index (χ1v) is 10.2. The lowest BCUT2D eigenvalue weighted by atomic mass is 10.2. The van der Waals surface area contributed by atoms with E-state index in [1.807, 2.05) is 24.3 Å². The van der Waals surface area contributed by atoms with Gasteiger partial charge in [-0.3, -0.25) is 9.59 Å². The van der Waals surface area contributed by atoms with E-state index in [-0.39, 0.29) is 11.8 Å². The molecule has 2 N–H and O–H groups in total. The van der Waals surface area contributed by atoms with Crippen molar-refractivity contribution >= 4 is 57.8 Å². The number of rotatable bonds is 4. The van der Waals surface area contributed by atoms with Gasteiger partial charge in [-0.1, -0.05) is 23.7 Å². The molecule has 1 aliphatic rings. The van der Waals surface area contributed by atoms with Crippen LogP contribution in [0.5, 0.6) is 0 Å². The fourth-order valence-electron chi connectivity index (χ4n) is 2.79. The SMILES string of the molecule is CC(=O)Nc1ccc(N=C2NC(=O)/C(=C\c3ccc(-c4ccccc4Cl)o3)S2)cc1. The molecule has 1 saturated heterocycles. The second kappa shape index (κ2) is 8.61. The highest BCUT2D eigenvalue weighted by molar-refractivity contribution is 8.18. The van der Waals surface area contributed by atoms with Crippen LogP contribution in [0.15, 0.2) is 75.0 Å². The molecule has 8 heteroatoms. The smallest absolute Gasteiger partial charge is 0.264 e. The van der Waals surface area contributed by atoms with E-state index in [2.05, 4.69) is 15.6 Å². The minimum absolute atomic E-state index is 0.141. The predicted molar refractivity (Wildman–Crippen MR) is 121 cm³/mol. The van der Waals surface area contributed by atoms with E-state index < -0.39 is 0 Å². The van der Waals surface area contributed by atoms with E-state index >= 15 is 0 Å². The lowest BCUT2D eigenvalue weighted by Gasteiger charge is -2.02. The van der Waals surface area contributed by atoms with Crippen LogP contribution in [0.1, 0.15) is 12.7 Å². The summed E-state index contributed by atoms with van der Waals surface area (Å²) in [6, 6.07) is 18.0. The first-order chi connectivity index (χ1) is 14.5. The molecule has 0 unspecified atom stereocenters. The van der Waals surface area contributed by atoms with Crippen LogP contribution in [0.2, 0.25) is 5.02 Å². The Labute approximate surface area is 182 Å². The summed E-state index contributed by atoms with van der Waals surface area (Å²) in [6.45, 7) is 1.45. The van der Waals surface area contributed by atoms with Crippen LogP contribution in [0.3, 0.4) is 0 Å². The Hall–Kier alpha value is -3.29. The van der Waals surface area contributed by atoms with Crippen molar-refractivity contribution in [2.24, 2.45) is 4.99 Å². The molecule has 1 aromatic heterocycles. The highest BCUT2D eigenvalue weighted by atomic mass is 35.5. The van der Waals surface area contributed by atoms with Crippen LogP contribution in [0.25, 0.3) is 17.4 Å². The van der Waals surface area contributed by atoms with Crippen LogP contribution in [0.4, 0.5) is 11.4 Å². The third-order valence-electron chi connectivity index (χ3n) is 4.11. The summed E-state index contributed by atoms with van der Waals surface area (Å²) in [4.78, 5) is 28.3. The van der Waals surface area contributed by atoms with E-state index in [0.717, 1.165) is 5.56 Å². The minimum atomic E-state index is -0.246. The molecular weight excluding hydrogens is 422 g/mol. The molecule has 0 spiro atoms. The summed E-state index contributed by atoms with van der Waals surface area (Å²) in [5, 5.41) is 6.50. The number of benzene rings is 2. The van der Waals surface area contributed by atoms with Crippen molar-refractivity contribution in [1.82, 2.24) is 5.32 Å². The summed E-state index contributed by atoms with van der Waals surface area (Å²) >= 11 is 7.44. The Kier molecular flexibility index (Phi) is 5.74. The molecule has 0 aliphatic carbocycles. The van der Waals surface area contributed by atoms with Crippen LogP contribution in [-0.2, 0) is 9.59 Å². The Balaban J connectivity index is 1.50. The third kappa shape index (κ3) is 4.64. The molecule has 2 amide bonds. The van der Waals surface area contributed by atoms with Crippen molar-refractivity contribution in [1.29, 1.82) is 0 Å². The van der Waals surface area contributed by atoms with E-state index in [1.54, 1.807) is 42.5 Å². The van der Waals surface area contributed by atoms with Crippen LogP contribution < -0.4 is 10.6 Å². The highest BCUT2D eigenvalue weighted by Gasteiger charge is 2.24. The van der Waals surface area contributed by atoms with E-state index in [1.165, 1.54) is 18.7 Å². The number of anilines is 1. The normalized spacial score (nSPS) is 16.1. The number of carbonyl (C=O) groups excluding carboxylic acids is 2. The number of halogens is 1. The summed E-state index contributed by atoms with van der Waals surface area (Å²) in [6.07, 6.45) is 1.67. The van der Waals surface area contributed by atoms with Gasteiger partial charge in [0.05, 0.1) is 15.6 Å². The summed E-state index contributed by atoms with van der Waals surface area (Å²) in [5.74, 6) is 0.787. The van der Waals surface area contributed by atoms with Crippen LogP contribution >= 0.6 is 23.4 Å². The maximum atomic E-state index is 12.3. The van der Waals surface area contributed by atoms with Gasteiger partial charge in [-0.2, -0.15) is 0 Å². The predicted octanol–water partition coefficient (Wildman–Crippen LogP) is 5.45. The zero-order valence-electron chi connectivity index (χ0n) is 15.8. The number of furan rings is 1. The number of hydrogen-bond donors (Lipinski definition) is 2. The third-order valence-corrected chi connectivity index (χ3v) is 5.35. The number of hydrogen-bond acceptors (Lipinski definition) is 5. The number of amides is 2. The first-order valence-electron chi connectivity index (χ1n) is 9.00. The fraction of sp³-hybridized carbons (Fsp3) is 0.0455. The number of nitrogens with zero attached hydrogens (tertiary/aromatic N) is 1. The van der Waals surface area contributed by atoms with Crippen LogP contribution in [-0.4, -0.2) is 17.0 Å². The Bertz CT molecular complexity index is 1180. The Morgan fingerprint density at radius 1 is 1.13 bits per heavy atom. The van der Waals surface area contributed by atoms with Crippen LogP contribution in [0, 0.1) is 0 Å². The molecule has 1 fully saturated rings. The number of nitrogens with one attached hydrogen (secondary N) is 2. The van der Waals surface area contributed by atoms with Crippen molar-refractivity contribution in [3.63, 3.8) is 0 Å². The van der Waals surface area contributed by atoms with Gasteiger partial charge < -0.3 is 15.1 Å². The number of thioether (sulfide) groups is 1. The average molecular weight is 438 g/mol. The summed E-state index contributed by atoms with van der Waals surface area (Å²) in [5.41, 5.74) is 2.13. The molecule has 1 aliphatic heterocycles. The van der Waals surface area contributed by atoms with Crippen molar-refractivity contribution in [2.75, 3.05) is 5.32 Å². The Morgan fingerprint density at radius 3 is 2.63 bits per heavy atom. The van der Waals surface area contributed by atoms with E-state index in [0.29, 0.717) is 38.0 Å². The fourth-order valence-corrected chi connectivity index (χ4v) is 3.84. The quantitative estimate of drug-likeness (QED) is 0.531. The first kappa shape index (κ1) is 20.0. The molecule has 3 aromatic rings. The van der Waals surface area contributed by atoms with Gasteiger partial charge in [0, 0.05) is 24.3 Å². The molecule has 6 nitrogen and oxygen atoms in total. The highest BCUT2D eigenvalue weighted by Crippen LogP contribution is 2.32. The standard InChI is InChI=1S/C22H16ClN3O3S/c1-13(27)24-14-6-8-15(9-7-14)25-22-26-21(28)20(30-22)12-16-10-11-19(29-16)17-4-2-3-5-18(17)23/h2-12H,1H3,(H,24,27)(H,25,26,28)/b20-12+. The van der Waals surface area contributed by atoms with Gasteiger partial charge in [0.2, 0.25) is 5.91 Å². The molecule has 4 rings (SSSR count). The van der Waals surface area contributed by atoms with E-state index in [9.17, 15) is 9.59 Å². The van der Waals surface area contributed by atoms with Crippen molar-refractivity contribution in [2.45, 2.75) is 6.92 Å². The maximum Gasteiger partial charge on any atom is 0.264 e. The molecule has 0 radical (unpaired) electrons. The van der Waals surface area contributed by atoms with Gasteiger partial charge in [0.1, 0.15) is 11.5 Å². The lowest BCUT2D eigenvalue weighted by Crippen LogP contribution is -2.19. The Morgan fingerprint density at radius 2 is 1.90 bits per heavy atom. The lowest BCUT2D eigenvalue weighted by molar-refractivity contribution is -0.115. The second-order valence-corrected chi connectivity index (χ2v) is 7.83. The molecule has 0 bridgehead atoms. The van der Waals surface area contributed by atoms with Crippen molar-refractivity contribution < 1.29 is 14.0 Å². The average Bonchev–Trinajstić information content (AvgIpc) is 3.30. The van der Waals surface area contributed by atoms with Gasteiger partial charge >= 0.3 is 0 Å². The molecular formula is C22H16ClN3O3S. The zero-order valence-corrected chi connectivity index (χ0v) is 17.4. The summed E-state index contributed by atoms with van der Waals surface area (Å²) < 4.78 is 5.83. The van der Waals surface area contributed by atoms with Crippen molar-refractivity contribution in [3.05, 3.63) is 76.4 Å².